The Labute approximate surface area is 197 Å². The number of aromatic nitrogens is 4. The highest BCUT2D eigenvalue weighted by Gasteiger charge is 2.26. The molecule has 0 saturated carbocycles. The van der Waals surface area contributed by atoms with Gasteiger partial charge in [0.25, 0.3) is 0 Å². The molecule has 2 aromatic carbocycles. The summed E-state index contributed by atoms with van der Waals surface area (Å²) in [7, 11) is 1.35. The SMILES string of the molecule is COC(=O)c1c(Nc2nnc(-c3cccs3)s2)nnc(-c2ccccc2)c1-c1ccccc1. The zero-order chi connectivity index (χ0) is 22.6. The van der Waals surface area contributed by atoms with Gasteiger partial charge in [0, 0.05) is 11.1 Å². The third-order valence-electron chi connectivity index (χ3n) is 4.86. The lowest BCUT2D eigenvalue weighted by Gasteiger charge is -2.16. The fourth-order valence-electron chi connectivity index (χ4n) is 3.38. The second-order valence-electron chi connectivity index (χ2n) is 6.89. The molecule has 0 amide bonds. The van der Waals surface area contributed by atoms with E-state index in [-0.39, 0.29) is 11.4 Å². The molecule has 0 aliphatic rings. The topological polar surface area (TPSA) is 89.9 Å². The summed E-state index contributed by atoms with van der Waals surface area (Å²) >= 11 is 2.96. The second-order valence-corrected chi connectivity index (χ2v) is 8.81. The Kier molecular flexibility index (Phi) is 5.88. The molecule has 0 spiro atoms. The predicted molar refractivity (Wildman–Crippen MR) is 131 cm³/mol. The van der Waals surface area contributed by atoms with Gasteiger partial charge >= 0.3 is 5.97 Å². The Hall–Kier alpha value is -3.95. The van der Waals surface area contributed by atoms with E-state index in [1.54, 1.807) is 11.3 Å². The number of nitrogens with one attached hydrogen (secondary N) is 1. The van der Waals surface area contributed by atoms with Crippen molar-refractivity contribution in [3.05, 3.63) is 83.7 Å². The average Bonchev–Trinajstić information content (AvgIpc) is 3.57. The molecule has 33 heavy (non-hydrogen) atoms. The summed E-state index contributed by atoms with van der Waals surface area (Å²) in [6.07, 6.45) is 0. The number of carbonyl (C=O) groups excluding carboxylic acids is 1. The number of carbonyl (C=O) groups is 1. The summed E-state index contributed by atoms with van der Waals surface area (Å²) in [5.74, 6) is -0.263. The number of rotatable bonds is 6. The van der Waals surface area contributed by atoms with Gasteiger partial charge in [-0.15, -0.1) is 31.7 Å². The minimum absolute atomic E-state index is 0.259. The number of methoxy groups -OCH3 is 1. The van der Waals surface area contributed by atoms with Crippen molar-refractivity contribution in [3.8, 4) is 32.3 Å². The lowest BCUT2D eigenvalue weighted by atomic mass is 9.95. The van der Waals surface area contributed by atoms with E-state index in [2.05, 4.69) is 25.7 Å². The Morgan fingerprint density at radius 1 is 0.848 bits per heavy atom. The fraction of sp³-hybridized carbons (Fsp3) is 0.0417. The van der Waals surface area contributed by atoms with E-state index in [0.29, 0.717) is 16.4 Å². The van der Waals surface area contributed by atoms with Crippen LogP contribution in [-0.2, 0) is 4.74 Å². The van der Waals surface area contributed by atoms with E-state index in [4.69, 9.17) is 4.74 Å². The van der Waals surface area contributed by atoms with Crippen LogP contribution in [-0.4, -0.2) is 33.5 Å². The van der Waals surface area contributed by atoms with Gasteiger partial charge in [-0.3, -0.25) is 0 Å². The lowest BCUT2D eigenvalue weighted by Crippen LogP contribution is -2.12. The molecule has 7 nitrogen and oxygen atoms in total. The van der Waals surface area contributed by atoms with E-state index in [1.807, 2.05) is 78.2 Å². The zero-order valence-electron chi connectivity index (χ0n) is 17.4. The molecule has 0 fully saturated rings. The molecular weight excluding hydrogens is 454 g/mol. The van der Waals surface area contributed by atoms with Crippen LogP contribution in [0.3, 0.4) is 0 Å². The summed E-state index contributed by atoms with van der Waals surface area (Å²) in [6, 6.07) is 23.2. The van der Waals surface area contributed by atoms with E-state index < -0.39 is 5.97 Å². The van der Waals surface area contributed by atoms with E-state index in [0.717, 1.165) is 21.0 Å². The molecule has 9 heteroatoms. The van der Waals surface area contributed by atoms with Crippen molar-refractivity contribution < 1.29 is 9.53 Å². The molecule has 0 saturated heterocycles. The van der Waals surface area contributed by atoms with Crippen LogP contribution < -0.4 is 5.32 Å². The minimum Gasteiger partial charge on any atom is -0.465 e. The van der Waals surface area contributed by atoms with Gasteiger partial charge < -0.3 is 10.1 Å². The van der Waals surface area contributed by atoms with Gasteiger partial charge in [0.15, 0.2) is 10.8 Å². The molecule has 0 aliphatic heterocycles. The molecule has 162 valence electrons. The number of hydrogen-bond acceptors (Lipinski definition) is 9. The Balaban J connectivity index is 1.67. The molecule has 5 aromatic rings. The largest absolute Gasteiger partial charge is 0.465 e. The van der Waals surface area contributed by atoms with Gasteiger partial charge in [-0.1, -0.05) is 78.1 Å². The summed E-state index contributed by atoms with van der Waals surface area (Å²) in [6.45, 7) is 0. The number of esters is 1. The molecule has 1 N–H and O–H groups in total. The van der Waals surface area contributed by atoms with Gasteiger partial charge in [-0.25, -0.2) is 4.79 Å². The molecule has 0 bridgehead atoms. The average molecular weight is 472 g/mol. The number of nitrogens with zero attached hydrogens (tertiary/aromatic N) is 4. The molecule has 0 aliphatic carbocycles. The molecule has 0 atom stereocenters. The monoisotopic (exact) mass is 471 g/mol. The van der Waals surface area contributed by atoms with Crippen molar-refractivity contribution >= 4 is 39.6 Å². The Bertz CT molecular complexity index is 1390. The lowest BCUT2D eigenvalue weighted by molar-refractivity contribution is 0.0602. The van der Waals surface area contributed by atoms with Gasteiger partial charge in [0.1, 0.15) is 11.3 Å². The highest BCUT2D eigenvalue weighted by molar-refractivity contribution is 7.23. The smallest absolute Gasteiger partial charge is 0.342 e. The van der Waals surface area contributed by atoms with Crippen LogP contribution in [0.4, 0.5) is 10.9 Å². The predicted octanol–water partition coefficient (Wildman–Crippen LogP) is 5.92. The second kappa shape index (κ2) is 9.27. The van der Waals surface area contributed by atoms with E-state index in [9.17, 15) is 4.79 Å². The summed E-state index contributed by atoms with van der Waals surface area (Å²) in [5, 5.41) is 23.7. The van der Waals surface area contributed by atoms with E-state index >= 15 is 0 Å². The van der Waals surface area contributed by atoms with Crippen molar-refractivity contribution in [3.63, 3.8) is 0 Å². The van der Waals surface area contributed by atoms with Gasteiger partial charge in [-0.2, -0.15) is 0 Å². The Morgan fingerprint density at radius 3 is 2.24 bits per heavy atom. The van der Waals surface area contributed by atoms with Gasteiger partial charge in [-0.05, 0) is 17.0 Å². The van der Waals surface area contributed by atoms with Crippen LogP contribution >= 0.6 is 22.7 Å². The van der Waals surface area contributed by atoms with Crippen LogP contribution in [0.2, 0.25) is 0 Å². The van der Waals surface area contributed by atoms with Crippen molar-refractivity contribution in [1.82, 2.24) is 20.4 Å². The molecular formula is C24H17N5O2S2. The number of anilines is 2. The highest BCUT2D eigenvalue weighted by Crippen LogP contribution is 2.38. The van der Waals surface area contributed by atoms with Crippen LogP contribution in [0, 0.1) is 0 Å². The van der Waals surface area contributed by atoms with Crippen LogP contribution in [0.5, 0.6) is 0 Å². The molecule has 3 aromatic heterocycles. The highest BCUT2D eigenvalue weighted by atomic mass is 32.1. The standard InChI is InChI=1S/C24H17N5O2S2/c1-31-23(30)19-18(15-9-4-2-5-10-15)20(16-11-6-3-7-12-16)26-27-21(19)25-24-29-28-22(33-24)17-13-8-14-32-17/h2-14H,1H3,(H,25,27,29). The van der Waals surface area contributed by atoms with E-state index in [1.165, 1.54) is 18.4 Å². The third-order valence-corrected chi connectivity index (χ3v) is 6.73. The van der Waals surface area contributed by atoms with Crippen LogP contribution in [0.1, 0.15) is 10.4 Å². The number of benzene rings is 2. The van der Waals surface area contributed by atoms with Crippen molar-refractivity contribution in [2.75, 3.05) is 12.4 Å². The third kappa shape index (κ3) is 4.23. The number of ether oxygens (including phenoxy) is 1. The molecule has 0 unspecified atom stereocenters. The first-order chi connectivity index (χ1) is 16.2. The summed E-state index contributed by atoms with van der Waals surface area (Å²) < 4.78 is 5.15. The number of thiophene rings is 1. The van der Waals surface area contributed by atoms with Gasteiger partial charge in [0.2, 0.25) is 5.13 Å². The van der Waals surface area contributed by atoms with Crippen LogP contribution in [0.15, 0.2) is 78.2 Å². The maximum atomic E-state index is 13.0. The first kappa shape index (κ1) is 20.9. The maximum absolute atomic E-state index is 13.0. The van der Waals surface area contributed by atoms with Crippen molar-refractivity contribution in [2.45, 2.75) is 0 Å². The normalized spacial score (nSPS) is 10.7. The quantitative estimate of drug-likeness (QED) is 0.307. The van der Waals surface area contributed by atoms with Crippen molar-refractivity contribution in [1.29, 1.82) is 0 Å². The first-order valence-electron chi connectivity index (χ1n) is 9.99. The molecule has 0 radical (unpaired) electrons. The maximum Gasteiger partial charge on any atom is 0.342 e. The molecule has 5 rings (SSSR count). The van der Waals surface area contributed by atoms with Crippen molar-refractivity contribution in [2.24, 2.45) is 0 Å². The van der Waals surface area contributed by atoms with Gasteiger partial charge in [0.05, 0.1) is 12.0 Å². The summed E-state index contributed by atoms with van der Waals surface area (Å²) in [5.41, 5.74) is 3.17. The zero-order valence-corrected chi connectivity index (χ0v) is 19.1. The summed E-state index contributed by atoms with van der Waals surface area (Å²) in [4.78, 5) is 14.1. The molecule has 3 heterocycles. The fourth-order valence-corrected chi connectivity index (χ4v) is 4.92. The van der Waals surface area contributed by atoms with Crippen LogP contribution in [0.25, 0.3) is 32.3 Å². The minimum atomic E-state index is -0.522. The first-order valence-corrected chi connectivity index (χ1v) is 11.7. The Morgan fingerprint density at radius 2 is 1.58 bits per heavy atom. The number of hydrogen-bond donors (Lipinski definition) is 1.